The number of aryl methyl sites for hydroxylation is 2. The fourth-order valence-corrected chi connectivity index (χ4v) is 2.22. The van der Waals surface area contributed by atoms with E-state index in [0.717, 1.165) is 24.4 Å². The van der Waals surface area contributed by atoms with Crippen molar-refractivity contribution in [2.45, 2.75) is 33.1 Å². The summed E-state index contributed by atoms with van der Waals surface area (Å²) in [6.07, 6.45) is 5.56. The van der Waals surface area contributed by atoms with E-state index in [9.17, 15) is 4.79 Å². The molecule has 1 aromatic heterocycles. The molecule has 4 nitrogen and oxygen atoms in total. The predicted molar refractivity (Wildman–Crippen MR) is 72.6 cm³/mol. The third kappa shape index (κ3) is 4.42. The SMILES string of the molecule is CSCCCCCNC(=O)c1c(C)n[nH]c1C. The monoisotopic (exact) mass is 255 g/mol. The molecule has 0 aromatic carbocycles. The predicted octanol–water partition coefficient (Wildman–Crippen LogP) is 2.29. The molecule has 0 radical (unpaired) electrons. The fourth-order valence-electron chi connectivity index (χ4n) is 1.72. The van der Waals surface area contributed by atoms with Gasteiger partial charge < -0.3 is 5.32 Å². The van der Waals surface area contributed by atoms with Crippen LogP contribution in [0.25, 0.3) is 0 Å². The lowest BCUT2D eigenvalue weighted by atomic mass is 10.2. The first-order valence-electron chi connectivity index (χ1n) is 5.95. The molecule has 0 saturated carbocycles. The molecule has 2 N–H and O–H groups in total. The van der Waals surface area contributed by atoms with Crippen molar-refractivity contribution in [3.05, 3.63) is 17.0 Å². The molecule has 1 heterocycles. The van der Waals surface area contributed by atoms with Crippen molar-refractivity contribution < 1.29 is 4.79 Å². The second-order valence-electron chi connectivity index (χ2n) is 4.12. The van der Waals surface area contributed by atoms with Gasteiger partial charge in [-0.05, 0) is 38.7 Å². The van der Waals surface area contributed by atoms with Crippen LogP contribution in [0, 0.1) is 13.8 Å². The Morgan fingerprint density at radius 1 is 1.35 bits per heavy atom. The molecular weight excluding hydrogens is 234 g/mol. The maximum Gasteiger partial charge on any atom is 0.255 e. The normalized spacial score (nSPS) is 10.5. The van der Waals surface area contributed by atoms with Crippen LogP contribution in [-0.2, 0) is 0 Å². The number of nitrogens with zero attached hydrogens (tertiary/aromatic N) is 1. The van der Waals surface area contributed by atoms with Crippen molar-refractivity contribution in [1.29, 1.82) is 0 Å². The van der Waals surface area contributed by atoms with Crippen molar-refractivity contribution in [3.8, 4) is 0 Å². The Bertz CT molecular complexity index is 343. The lowest BCUT2D eigenvalue weighted by Gasteiger charge is -2.05. The molecule has 1 amide bonds. The maximum absolute atomic E-state index is 11.9. The number of hydrogen-bond acceptors (Lipinski definition) is 3. The van der Waals surface area contributed by atoms with Crippen molar-refractivity contribution in [3.63, 3.8) is 0 Å². The Morgan fingerprint density at radius 2 is 2.12 bits per heavy atom. The van der Waals surface area contributed by atoms with E-state index < -0.39 is 0 Å². The number of H-pyrrole nitrogens is 1. The Balaban J connectivity index is 2.26. The molecular formula is C12H21N3OS. The van der Waals surface area contributed by atoms with E-state index in [-0.39, 0.29) is 5.91 Å². The molecule has 0 saturated heterocycles. The molecule has 0 spiro atoms. The van der Waals surface area contributed by atoms with E-state index in [1.807, 2.05) is 25.6 Å². The number of unbranched alkanes of at least 4 members (excludes halogenated alkanes) is 2. The van der Waals surface area contributed by atoms with Gasteiger partial charge in [-0.25, -0.2) is 0 Å². The molecule has 0 fully saturated rings. The van der Waals surface area contributed by atoms with Crippen LogP contribution in [0.15, 0.2) is 0 Å². The molecule has 0 atom stereocenters. The van der Waals surface area contributed by atoms with E-state index in [2.05, 4.69) is 21.8 Å². The highest BCUT2D eigenvalue weighted by atomic mass is 32.2. The highest BCUT2D eigenvalue weighted by Gasteiger charge is 2.13. The summed E-state index contributed by atoms with van der Waals surface area (Å²) in [7, 11) is 0. The maximum atomic E-state index is 11.9. The zero-order valence-electron chi connectivity index (χ0n) is 10.8. The molecule has 1 rings (SSSR count). The Kier molecular flexibility index (Phi) is 6.11. The number of thioether (sulfide) groups is 1. The summed E-state index contributed by atoms with van der Waals surface area (Å²) in [6, 6.07) is 0. The van der Waals surface area contributed by atoms with Crippen LogP contribution < -0.4 is 5.32 Å². The van der Waals surface area contributed by atoms with Crippen LogP contribution in [0.5, 0.6) is 0 Å². The van der Waals surface area contributed by atoms with Gasteiger partial charge in [-0.1, -0.05) is 6.42 Å². The molecule has 1 aromatic rings. The van der Waals surface area contributed by atoms with E-state index in [1.54, 1.807) is 0 Å². The van der Waals surface area contributed by atoms with Gasteiger partial charge in [0.05, 0.1) is 11.3 Å². The van der Waals surface area contributed by atoms with Crippen LogP contribution >= 0.6 is 11.8 Å². The summed E-state index contributed by atoms with van der Waals surface area (Å²) >= 11 is 1.87. The molecule has 0 aliphatic heterocycles. The minimum absolute atomic E-state index is 0.0152. The smallest absolute Gasteiger partial charge is 0.255 e. The summed E-state index contributed by atoms with van der Waals surface area (Å²) in [5.74, 6) is 1.19. The first-order valence-corrected chi connectivity index (χ1v) is 7.35. The molecule has 17 heavy (non-hydrogen) atoms. The van der Waals surface area contributed by atoms with Crippen molar-refractivity contribution in [2.24, 2.45) is 0 Å². The Morgan fingerprint density at radius 3 is 2.71 bits per heavy atom. The van der Waals surface area contributed by atoms with Gasteiger partial charge in [-0.15, -0.1) is 0 Å². The number of amides is 1. The number of hydrogen-bond donors (Lipinski definition) is 2. The molecule has 96 valence electrons. The lowest BCUT2D eigenvalue weighted by molar-refractivity contribution is 0.0952. The summed E-state index contributed by atoms with van der Waals surface area (Å²) in [5, 5.41) is 9.78. The van der Waals surface area contributed by atoms with E-state index in [1.165, 1.54) is 18.6 Å². The van der Waals surface area contributed by atoms with Crippen LogP contribution in [0.2, 0.25) is 0 Å². The van der Waals surface area contributed by atoms with Crippen molar-refractivity contribution in [1.82, 2.24) is 15.5 Å². The lowest BCUT2D eigenvalue weighted by Crippen LogP contribution is -2.25. The van der Waals surface area contributed by atoms with Gasteiger partial charge in [0.2, 0.25) is 0 Å². The Hall–Kier alpha value is -0.970. The number of aromatic nitrogens is 2. The second-order valence-corrected chi connectivity index (χ2v) is 5.10. The zero-order valence-corrected chi connectivity index (χ0v) is 11.6. The zero-order chi connectivity index (χ0) is 12.7. The largest absolute Gasteiger partial charge is 0.352 e. The third-order valence-corrected chi connectivity index (χ3v) is 3.36. The minimum atomic E-state index is -0.0152. The van der Waals surface area contributed by atoms with Gasteiger partial charge in [0.25, 0.3) is 5.91 Å². The standard InChI is InChI=1S/C12H21N3OS/c1-9-11(10(2)15-14-9)12(16)13-7-5-4-6-8-17-3/h4-8H2,1-3H3,(H,13,16)(H,14,15). The first kappa shape index (κ1) is 14.1. The Labute approximate surface area is 107 Å². The number of carbonyl (C=O) groups excluding carboxylic acids is 1. The number of aromatic amines is 1. The average molecular weight is 255 g/mol. The number of rotatable bonds is 7. The minimum Gasteiger partial charge on any atom is -0.352 e. The summed E-state index contributed by atoms with van der Waals surface area (Å²) in [4.78, 5) is 11.9. The van der Waals surface area contributed by atoms with Crippen LogP contribution in [-0.4, -0.2) is 34.7 Å². The van der Waals surface area contributed by atoms with Crippen molar-refractivity contribution >= 4 is 17.7 Å². The molecule has 0 aliphatic carbocycles. The van der Waals surface area contributed by atoms with Crippen LogP contribution in [0.4, 0.5) is 0 Å². The van der Waals surface area contributed by atoms with Crippen LogP contribution in [0.3, 0.4) is 0 Å². The number of nitrogens with one attached hydrogen (secondary N) is 2. The van der Waals surface area contributed by atoms with E-state index >= 15 is 0 Å². The van der Waals surface area contributed by atoms with E-state index in [0.29, 0.717) is 5.56 Å². The summed E-state index contributed by atoms with van der Waals surface area (Å²) in [5.41, 5.74) is 2.29. The molecule has 0 aliphatic rings. The second kappa shape index (κ2) is 7.37. The van der Waals surface area contributed by atoms with Gasteiger partial charge in [-0.2, -0.15) is 16.9 Å². The number of carbonyl (C=O) groups is 1. The summed E-state index contributed by atoms with van der Waals surface area (Å²) < 4.78 is 0. The van der Waals surface area contributed by atoms with Gasteiger partial charge in [0.15, 0.2) is 0 Å². The van der Waals surface area contributed by atoms with Crippen molar-refractivity contribution in [2.75, 3.05) is 18.6 Å². The van der Waals surface area contributed by atoms with Gasteiger partial charge in [0.1, 0.15) is 0 Å². The van der Waals surface area contributed by atoms with Crippen LogP contribution in [0.1, 0.15) is 41.0 Å². The van der Waals surface area contributed by atoms with Gasteiger partial charge in [-0.3, -0.25) is 9.89 Å². The summed E-state index contributed by atoms with van der Waals surface area (Å²) in [6.45, 7) is 4.46. The molecule has 5 heteroatoms. The highest BCUT2D eigenvalue weighted by Crippen LogP contribution is 2.08. The van der Waals surface area contributed by atoms with Gasteiger partial charge >= 0.3 is 0 Å². The molecule has 0 unspecified atom stereocenters. The van der Waals surface area contributed by atoms with Gasteiger partial charge in [0, 0.05) is 12.2 Å². The average Bonchev–Trinajstić information content (AvgIpc) is 2.63. The highest BCUT2D eigenvalue weighted by molar-refractivity contribution is 7.98. The molecule has 0 bridgehead atoms. The third-order valence-electron chi connectivity index (χ3n) is 2.67. The topological polar surface area (TPSA) is 57.8 Å². The fraction of sp³-hybridized carbons (Fsp3) is 0.667. The quantitative estimate of drug-likeness (QED) is 0.735. The first-order chi connectivity index (χ1) is 8.16. The van der Waals surface area contributed by atoms with E-state index in [4.69, 9.17) is 0 Å².